The van der Waals surface area contributed by atoms with Crippen molar-refractivity contribution in [3.05, 3.63) is 52.2 Å². The van der Waals surface area contributed by atoms with Crippen molar-refractivity contribution >= 4 is 45.5 Å². The smallest absolute Gasteiger partial charge is 0.257 e. The molecule has 4 rings (SSSR count). The van der Waals surface area contributed by atoms with E-state index in [-0.39, 0.29) is 0 Å². The average molecular weight is 330 g/mol. The van der Waals surface area contributed by atoms with Gasteiger partial charge in [-0.1, -0.05) is 23.9 Å². The summed E-state index contributed by atoms with van der Waals surface area (Å²) >= 11 is 4.95. The highest BCUT2D eigenvalue weighted by Crippen LogP contribution is 2.30. The number of rotatable bonds is 4. The van der Waals surface area contributed by atoms with Gasteiger partial charge in [0.25, 0.3) is 5.22 Å². The first-order valence-corrected chi connectivity index (χ1v) is 9.15. The molecule has 104 valence electrons. The number of thioether (sulfide) groups is 1. The SMILES string of the molecule is c1ccc2oc(SCc3csc(-c4ccsc4)n3)nc2c1. The molecule has 0 unspecified atom stereocenters. The second-order valence-corrected chi connectivity index (χ2v) is 6.96. The van der Waals surface area contributed by atoms with Crippen LogP contribution in [0.3, 0.4) is 0 Å². The van der Waals surface area contributed by atoms with Crippen LogP contribution >= 0.6 is 34.4 Å². The van der Waals surface area contributed by atoms with Crippen LogP contribution in [0.2, 0.25) is 0 Å². The fourth-order valence-corrected chi connectivity index (χ4v) is 4.31. The van der Waals surface area contributed by atoms with Gasteiger partial charge in [-0.15, -0.1) is 11.3 Å². The lowest BCUT2D eigenvalue weighted by Crippen LogP contribution is -1.81. The number of fused-ring (bicyclic) bond motifs is 1. The Morgan fingerprint density at radius 2 is 2.05 bits per heavy atom. The predicted molar refractivity (Wildman–Crippen MR) is 89.0 cm³/mol. The van der Waals surface area contributed by atoms with Gasteiger partial charge in [-0.25, -0.2) is 9.97 Å². The Hall–Kier alpha value is -1.63. The second-order valence-electron chi connectivity index (χ2n) is 4.39. The van der Waals surface area contributed by atoms with Crippen molar-refractivity contribution in [1.29, 1.82) is 0 Å². The Balaban J connectivity index is 1.49. The molecule has 4 aromatic rings. The molecule has 3 heterocycles. The van der Waals surface area contributed by atoms with E-state index in [1.807, 2.05) is 24.3 Å². The van der Waals surface area contributed by atoms with E-state index < -0.39 is 0 Å². The Morgan fingerprint density at radius 1 is 1.10 bits per heavy atom. The molecule has 1 aromatic carbocycles. The van der Waals surface area contributed by atoms with Crippen molar-refractivity contribution in [2.24, 2.45) is 0 Å². The Kier molecular flexibility index (Phi) is 3.50. The molecule has 0 N–H and O–H groups in total. The highest BCUT2D eigenvalue weighted by Gasteiger charge is 2.09. The molecule has 6 heteroatoms. The molecule has 21 heavy (non-hydrogen) atoms. The maximum atomic E-state index is 5.70. The van der Waals surface area contributed by atoms with Crippen molar-refractivity contribution in [3.8, 4) is 10.6 Å². The van der Waals surface area contributed by atoms with Gasteiger partial charge in [0, 0.05) is 22.1 Å². The normalized spacial score (nSPS) is 11.2. The minimum atomic E-state index is 0.696. The molecular formula is C15H10N2OS3. The second kappa shape index (κ2) is 5.63. The van der Waals surface area contributed by atoms with Crippen molar-refractivity contribution < 1.29 is 4.42 Å². The van der Waals surface area contributed by atoms with Gasteiger partial charge in [0.05, 0.1) is 5.69 Å². The monoisotopic (exact) mass is 330 g/mol. The number of aromatic nitrogens is 2. The fourth-order valence-electron chi connectivity index (χ4n) is 1.94. The summed E-state index contributed by atoms with van der Waals surface area (Å²) in [6.07, 6.45) is 0. The number of nitrogens with zero attached hydrogens (tertiary/aromatic N) is 2. The standard InChI is InChI=1S/C15H10N2OS3/c1-2-4-13-12(3-1)17-15(18-13)21-9-11-8-20-14(16-11)10-5-6-19-7-10/h1-8H,9H2. The molecule has 0 bridgehead atoms. The Morgan fingerprint density at radius 3 is 2.90 bits per heavy atom. The molecule has 3 nitrogen and oxygen atoms in total. The van der Waals surface area contributed by atoms with Crippen LogP contribution in [0.5, 0.6) is 0 Å². The first-order valence-electron chi connectivity index (χ1n) is 6.34. The highest BCUT2D eigenvalue weighted by molar-refractivity contribution is 7.98. The summed E-state index contributed by atoms with van der Waals surface area (Å²) < 4.78 is 5.70. The zero-order valence-corrected chi connectivity index (χ0v) is 13.3. The topological polar surface area (TPSA) is 38.9 Å². The maximum absolute atomic E-state index is 5.70. The molecule has 0 aliphatic carbocycles. The van der Waals surface area contributed by atoms with Crippen molar-refractivity contribution in [2.45, 2.75) is 11.0 Å². The van der Waals surface area contributed by atoms with Crippen molar-refractivity contribution in [2.75, 3.05) is 0 Å². The molecule has 0 atom stereocenters. The number of hydrogen-bond donors (Lipinski definition) is 0. The summed E-state index contributed by atoms with van der Waals surface area (Å²) in [5, 5.41) is 8.06. The summed E-state index contributed by atoms with van der Waals surface area (Å²) in [6.45, 7) is 0. The van der Waals surface area contributed by atoms with E-state index in [2.05, 4.69) is 32.2 Å². The molecule has 0 radical (unpaired) electrons. The third-order valence-corrected chi connectivity index (χ3v) is 5.42. The van der Waals surface area contributed by atoms with Crippen molar-refractivity contribution in [1.82, 2.24) is 9.97 Å². The van der Waals surface area contributed by atoms with Gasteiger partial charge in [0.15, 0.2) is 5.58 Å². The quantitative estimate of drug-likeness (QED) is 0.476. The molecule has 0 aliphatic rings. The van der Waals surface area contributed by atoms with Gasteiger partial charge >= 0.3 is 0 Å². The van der Waals surface area contributed by atoms with Crippen LogP contribution in [0, 0.1) is 0 Å². The lowest BCUT2D eigenvalue weighted by atomic mass is 10.3. The van der Waals surface area contributed by atoms with E-state index in [0.29, 0.717) is 5.22 Å². The van der Waals surface area contributed by atoms with Gasteiger partial charge in [0.1, 0.15) is 10.5 Å². The number of thiophene rings is 1. The van der Waals surface area contributed by atoms with Crippen LogP contribution in [0.4, 0.5) is 0 Å². The third kappa shape index (κ3) is 2.74. The number of benzene rings is 1. The van der Waals surface area contributed by atoms with E-state index >= 15 is 0 Å². The average Bonchev–Trinajstić information content (AvgIpc) is 3.23. The molecule has 0 spiro atoms. The van der Waals surface area contributed by atoms with Crippen LogP contribution in [0.1, 0.15) is 5.69 Å². The molecule has 0 aliphatic heterocycles. The summed E-state index contributed by atoms with van der Waals surface area (Å²) in [6, 6.07) is 9.91. The lowest BCUT2D eigenvalue weighted by Gasteiger charge is -1.92. The summed E-state index contributed by atoms with van der Waals surface area (Å²) in [7, 11) is 0. The van der Waals surface area contributed by atoms with E-state index in [1.54, 1.807) is 34.4 Å². The van der Waals surface area contributed by atoms with E-state index in [9.17, 15) is 0 Å². The minimum absolute atomic E-state index is 0.696. The molecular weight excluding hydrogens is 320 g/mol. The lowest BCUT2D eigenvalue weighted by molar-refractivity contribution is 0.489. The molecule has 0 amide bonds. The Bertz CT molecular complexity index is 831. The zero-order valence-electron chi connectivity index (χ0n) is 10.9. The number of oxazole rings is 1. The van der Waals surface area contributed by atoms with E-state index in [4.69, 9.17) is 4.42 Å². The third-order valence-electron chi connectivity index (χ3n) is 2.94. The summed E-state index contributed by atoms with van der Waals surface area (Å²) in [5.74, 6) is 0.771. The number of thiazole rings is 1. The van der Waals surface area contributed by atoms with Gasteiger partial charge in [-0.2, -0.15) is 11.3 Å². The van der Waals surface area contributed by atoms with Crippen molar-refractivity contribution in [3.63, 3.8) is 0 Å². The molecule has 0 saturated carbocycles. The largest absolute Gasteiger partial charge is 0.431 e. The van der Waals surface area contributed by atoms with Crippen LogP contribution in [-0.4, -0.2) is 9.97 Å². The van der Waals surface area contributed by atoms with Crippen LogP contribution < -0.4 is 0 Å². The van der Waals surface area contributed by atoms with Gasteiger partial charge in [-0.05, 0) is 23.6 Å². The minimum Gasteiger partial charge on any atom is -0.431 e. The fraction of sp³-hybridized carbons (Fsp3) is 0.0667. The van der Waals surface area contributed by atoms with Gasteiger partial charge in [0.2, 0.25) is 0 Å². The predicted octanol–water partition coefficient (Wildman–Crippen LogP) is 5.31. The first-order chi connectivity index (χ1) is 10.4. The zero-order chi connectivity index (χ0) is 14.1. The highest BCUT2D eigenvalue weighted by atomic mass is 32.2. The summed E-state index contributed by atoms with van der Waals surface area (Å²) in [5.41, 5.74) is 3.99. The number of para-hydroxylation sites is 2. The molecule has 0 fully saturated rings. The first kappa shape index (κ1) is 13.1. The number of hydrogen-bond acceptors (Lipinski definition) is 6. The van der Waals surface area contributed by atoms with E-state index in [0.717, 1.165) is 27.6 Å². The molecule has 3 aromatic heterocycles. The Labute approximate surface area is 133 Å². The van der Waals surface area contributed by atoms with Gasteiger partial charge in [-0.3, -0.25) is 0 Å². The van der Waals surface area contributed by atoms with Crippen LogP contribution in [0.15, 0.2) is 56.1 Å². The maximum Gasteiger partial charge on any atom is 0.257 e. The van der Waals surface area contributed by atoms with Gasteiger partial charge < -0.3 is 4.42 Å². The van der Waals surface area contributed by atoms with Crippen LogP contribution in [0.25, 0.3) is 21.7 Å². The van der Waals surface area contributed by atoms with E-state index in [1.165, 1.54) is 5.56 Å². The van der Waals surface area contributed by atoms with Crippen LogP contribution in [-0.2, 0) is 5.75 Å². The molecule has 0 saturated heterocycles. The summed E-state index contributed by atoms with van der Waals surface area (Å²) in [4.78, 5) is 9.11.